The summed E-state index contributed by atoms with van der Waals surface area (Å²) >= 11 is 0. The highest BCUT2D eigenvalue weighted by atomic mass is 32.2. The van der Waals surface area contributed by atoms with E-state index in [2.05, 4.69) is 4.90 Å². The molecule has 2 rings (SSSR count). The molecule has 1 atom stereocenters. The van der Waals surface area contributed by atoms with Gasteiger partial charge in [-0.2, -0.15) is 0 Å². The number of nitrogens with zero attached hydrogens (tertiary/aromatic N) is 1. The Morgan fingerprint density at radius 3 is 2.39 bits per heavy atom. The van der Waals surface area contributed by atoms with Gasteiger partial charge in [-0.1, -0.05) is 0 Å². The van der Waals surface area contributed by atoms with Crippen LogP contribution >= 0.6 is 0 Å². The smallest absolute Gasteiger partial charge is 0.311 e. The number of piperidine rings is 1. The Labute approximate surface area is 138 Å². The van der Waals surface area contributed by atoms with Gasteiger partial charge in [-0.3, -0.25) is 4.79 Å². The van der Waals surface area contributed by atoms with E-state index >= 15 is 0 Å². The minimum atomic E-state index is -3.18. The summed E-state index contributed by atoms with van der Waals surface area (Å²) in [5.41, 5.74) is 0.461. The fraction of sp³-hybridized carbons (Fsp3) is 0.588. The molecule has 6 heteroatoms. The number of rotatable bonds is 4. The average molecular weight is 339 g/mol. The monoisotopic (exact) mass is 339 g/mol. The number of anilines is 1. The van der Waals surface area contributed by atoms with Crippen molar-refractivity contribution in [2.24, 2.45) is 11.3 Å². The van der Waals surface area contributed by atoms with E-state index in [0.717, 1.165) is 31.6 Å². The highest BCUT2D eigenvalue weighted by molar-refractivity contribution is 7.90. The summed E-state index contributed by atoms with van der Waals surface area (Å²) in [5.74, 6) is 0.0232. The summed E-state index contributed by atoms with van der Waals surface area (Å²) < 4.78 is 28.0. The Kier molecular flexibility index (Phi) is 5.04. The van der Waals surface area contributed by atoms with Crippen molar-refractivity contribution in [2.45, 2.75) is 31.6 Å². The summed E-state index contributed by atoms with van der Waals surface area (Å²) in [4.78, 5) is 14.6. The van der Waals surface area contributed by atoms with E-state index < -0.39 is 15.3 Å². The number of benzene rings is 1. The SMILES string of the molecule is COC(=O)C(C)(C)C1CCCN(c2ccc(S(C)(=O)=O)cc2)C1. The van der Waals surface area contributed by atoms with Crippen LogP contribution in [0, 0.1) is 11.3 Å². The zero-order chi connectivity index (χ0) is 17.3. The van der Waals surface area contributed by atoms with Gasteiger partial charge in [0.05, 0.1) is 17.4 Å². The van der Waals surface area contributed by atoms with Gasteiger partial charge in [0.2, 0.25) is 0 Å². The van der Waals surface area contributed by atoms with E-state index in [9.17, 15) is 13.2 Å². The number of hydrogen-bond donors (Lipinski definition) is 0. The number of hydrogen-bond acceptors (Lipinski definition) is 5. The Morgan fingerprint density at radius 2 is 1.87 bits per heavy atom. The molecule has 1 aliphatic heterocycles. The first-order valence-corrected chi connectivity index (χ1v) is 9.69. The topological polar surface area (TPSA) is 63.7 Å². The molecular formula is C17H25NO4S. The van der Waals surface area contributed by atoms with E-state index in [4.69, 9.17) is 4.74 Å². The maximum atomic E-state index is 12.0. The zero-order valence-electron chi connectivity index (χ0n) is 14.2. The molecule has 1 saturated heterocycles. The number of ether oxygens (including phenoxy) is 1. The van der Waals surface area contributed by atoms with Crippen LogP contribution < -0.4 is 4.90 Å². The molecule has 0 bridgehead atoms. The van der Waals surface area contributed by atoms with Crippen LogP contribution in [-0.2, 0) is 19.4 Å². The van der Waals surface area contributed by atoms with Crippen molar-refractivity contribution in [3.05, 3.63) is 24.3 Å². The van der Waals surface area contributed by atoms with Crippen molar-refractivity contribution in [1.29, 1.82) is 0 Å². The third-order valence-electron chi connectivity index (χ3n) is 4.78. The van der Waals surface area contributed by atoms with Crippen molar-refractivity contribution in [2.75, 3.05) is 31.4 Å². The molecule has 0 saturated carbocycles. The summed E-state index contributed by atoms with van der Waals surface area (Å²) in [5, 5.41) is 0. The molecular weight excluding hydrogens is 314 g/mol. The van der Waals surface area contributed by atoms with Gasteiger partial charge in [-0.25, -0.2) is 8.42 Å². The Morgan fingerprint density at radius 1 is 1.26 bits per heavy atom. The molecule has 1 fully saturated rings. The van der Waals surface area contributed by atoms with Gasteiger partial charge in [-0.15, -0.1) is 0 Å². The minimum absolute atomic E-state index is 0.184. The maximum absolute atomic E-state index is 12.0. The van der Waals surface area contributed by atoms with E-state index in [1.807, 2.05) is 26.0 Å². The van der Waals surface area contributed by atoms with Crippen LogP contribution in [-0.4, -0.2) is 40.8 Å². The number of sulfone groups is 1. The van der Waals surface area contributed by atoms with Crippen LogP contribution in [0.1, 0.15) is 26.7 Å². The lowest BCUT2D eigenvalue weighted by molar-refractivity contribution is -0.154. The summed E-state index contributed by atoms with van der Waals surface area (Å²) in [6.45, 7) is 5.53. The molecule has 128 valence electrons. The molecule has 0 spiro atoms. The molecule has 0 aromatic heterocycles. The third kappa shape index (κ3) is 3.86. The summed E-state index contributed by atoms with van der Waals surface area (Å²) in [6, 6.07) is 6.95. The van der Waals surface area contributed by atoms with E-state index in [0.29, 0.717) is 4.90 Å². The molecule has 1 heterocycles. The lowest BCUT2D eigenvalue weighted by Crippen LogP contribution is -2.45. The predicted molar refractivity (Wildman–Crippen MR) is 90.3 cm³/mol. The largest absolute Gasteiger partial charge is 0.469 e. The first-order valence-electron chi connectivity index (χ1n) is 7.79. The fourth-order valence-corrected chi connectivity index (χ4v) is 3.77. The van der Waals surface area contributed by atoms with Crippen LogP contribution in [0.25, 0.3) is 0 Å². The van der Waals surface area contributed by atoms with E-state index in [1.165, 1.54) is 13.4 Å². The Balaban J connectivity index is 2.17. The van der Waals surface area contributed by atoms with Crippen LogP contribution in [0.2, 0.25) is 0 Å². The van der Waals surface area contributed by atoms with Gasteiger partial charge in [0.25, 0.3) is 0 Å². The summed E-state index contributed by atoms with van der Waals surface area (Å²) in [7, 11) is -1.75. The second-order valence-electron chi connectivity index (χ2n) is 6.76. The molecule has 0 radical (unpaired) electrons. The van der Waals surface area contributed by atoms with Crippen LogP contribution in [0.3, 0.4) is 0 Å². The molecule has 1 aliphatic rings. The molecule has 1 aromatic carbocycles. The van der Waals surface area contributed by atoms with Gasteiger partial charge < -0.3 is 9.64 Å². The third-order valence-corrected chi connectivity index (χ3v) is 5.91. The standard InChI is InChI=1S/C17H25NO4S/c1-17(2,16(19)22-3)13-6-5-11-18(12-13)14-7-9-15(10-8-14)23(4,20)21/h7-10,13H,5-6,11-12H2,1-4H3. The molecule has 1 unspecified atom stereocenters. The molecule has 1 aromatic rings. The Hall–Kier alpha value is -1.56. The summed E-state index contributed by atoms with van der Waals surface area (Å²) in [6.07, 6.45) is 3.19. The van der Waals surface area contributed by atoms with Gasteiger partial charge >= 0.3 is 5.97 Å². The lowest BCUT2D eigenvalue weighted by Gasteiger charge is -2.40. The van der Waals surface area contributed by atoms with Crippen LogP contribution in [0.15, 0.2) is 29.2 Å². The lowest BCUT2D eigenvalue weighted by atomic mass is 9.74. The first-order chi connectivity index (χ1) is 10.7. The molecule has 23 heavy (non-hydrogen) atoms. The van der Waals surface area contributed by atoms with E-state index in [-0.39, 0.29) is 11.9 Å². The number of methoxy groups -OCH3 is 1. The van der Waals surface area contributed by atoms with Gasteiger partial charge in [0.15, 0.2) is 9.84 Å². The van der Waals surface area contributed by atoms with Gasteiger partial charge in [0.1, 0.15) is 0 Å². The fourth-order valence-electron chi connectivity index (χ4n) is 3.13. The molecule has 0 amide bonds. The molecule has 0 aliphatic carbocycles. The normalized spacial score (nSPS) is 19.5. The van der Waals surface area contributed by atoms with Crippen molar-refractivity contribution < 1.29 is 17.9 Å². The van der Waals surface area contributed by atoms with Gasteiger partial charge in [0, 0.05) is 25.0 Å². The van der Waals surface area contributed by atoms with Crippen molar-refractivity contribution in [1.82, 2.24) is 0 Å². The first kappa shape index (κ1) is 17.8. The quantitative estimate of drug-likeness (QED) is 0.789. The van der Waals surface area contributed by atoms with Crippen molar-refractivity contribution in [3.8, 4) is 0 Å². The van der Waals surface area contributed by atoms with Crippen LogP contribution in [0.4, 0.5) is 5.69 Å². The van der Waals surface area contributed by atoms with Crippen molar-refractivity contribution >= 4 is 21.5 Å². The predicted octanol–water partition coefficient (Wildman–Crippen LogP) is 2.51. The average Bonchev–Trinajstić information content (AvgIpc) is 2.53. The zero-order valence-corrected chi connectivity index (χ0v) is 15.0. The number of carbonyl (C=O) groups excluding carboxylic acids is 1. The molecule has 0 N–H and O–H groups in total. The second-order valence-corrected chi connectivity index (χ2v) is 8.78. The van der Waals surface area contributed by atoms with Crippen molar-refractivity contribution in [3.63, 3.8) is 0 Å². The number of carbonyl (C=O) groups is 1. The second kappa shape index (κ2) is 6.51. The minimum Gasteiger partial charge on any atom is -0.469 e. The highest BCUT2D eigenvalue weighted by Crippen LogP contribution is 2.36. The Bertz CT molecular complexity index is 664. The molecule has 5 nitrogen and oxygen atoms in total. The van der Waals surface area contributed by atoms with Gasteiger partial charge in [-0.05, 0) is 56.9 Å². The highest BCUT2D eigenvalue weighted by Gasteiger charge is 2.40. The van der Waals surface area contributed by atoms with E-state index in [1.54, 1.807) is 12.1 Å². The van der Waals surface area contributed by atoms with Crippen LogP contribution in [0.5, 0.6) is 0 Å². The maximum Gasteiger partial charge on any atom is 0.311 e. The number of esters is 1.